The van der Waals surface area contributed by atoms with Crippen molar-refractivity contribution >= 4 is 16.8 Å². The number of nitrogens with zero attached hydrogens (tertiary/aromatic N) is 1. The lowest BCUT2D eigenvalue weighted by atomic mass is 10.1. The molecule has 0 aliphatic rings. The second-order valence-corrected chi connectivity index (χ2v) is 6.14. The molecule has 0 radical (unpaired) electrons. The molecule has 118 valence electrons. The fourth-order valence-corrected chi connectivity index (χ4v) is 2.82. The maximum atomic E-state index is 12.5. The van der Waals surface area contributed by atoms with E-state index >= 15 is 0 Å². The molecule has 3 rings (SSSR count). The van der Waals surface area contributed by atoms with Crippen molar-refractivity contribution in [3.63, 3.8) is 0 Å². The quantitative estimate of drug-likeness (QED) is 0.774. The minimum Gasteiger partial charge on any atom is -0.361 e. The molecule has 0 aliphatic heterocycles. The van der Waals surface area contributed by atoms with Gasteiger partial charge in [0.25, 0.3) is 5.91 Å². The summed E-state index contributed by atoms with van der Waals surface area (Å²) in [5.41, 5.74) is 5.52. The molecule has 1 aromatic heterocycles. The molecular weight excluding hydrogens is 284 g/mol. The molecule has 0 fully saturated rings. The van der Waals surface area contributed by atoms with E-state index in [0.717, 1.165) is 23.1 Å². The van der Waals surface area contributed by atoms with Crippen molar-refractivity contribution in [2.45, 2.75) is 20.3 Å². The highest BCUT2D eigenvalue weighted by Crippen LogP contribution is 2.18. The largest absolute Gasteiger partial charge is 0.361 e. The standard InChI is InChI=1S/C20H22N2O/c1-14-8-9-16(12-15(14)2)20(23)22(3)11-10-17-13-21-19-7-5-4-6-18(17)19/h4-9,12-13,21H,10-11H2,1-3H3. The number of H-pyrrole nitrogens is 1. The first kappa shape index (κ1) is 15.3. The topological polar surface area (TPSA) is 36.1 Å². The van der Waals surface area contributed by atoms with Gasteiger partial charge in [0.2, 0.25) is 0 Å². The molecule has 0 unspecified atom stereocenters. The van der Waals surface area contributed by atoms with Gasteiger partial charge in [-0.25, -0.2) is 0 Å². The minimum atomic E-state index is 0.0768. The minimum absolute atomic E-state index is 0.0768. The lowest BCUT2D eigenvalue weighted by Gasteiger charge is -2.17. The number of aromatic nitrogens is 1. The SMILES string of the molecule is Cc1ccc(C(=O)N(C)CCc2c[nH]c3ccccc23)cc1C. The third kappa shape index (κ3) is 3.14. The zero-order valence-electron chi connectivity index (χ0n) is 13.9. The van der Waals surface area contributed by atoms with E-state index in [-0.39, 0.29) is 5.91 Å². The molecule has 0 atom stereocenters. The molecule has 0 bridgehead atoms. The molecule has 1 amide bonds. The lowest BCUT2D eigenvalue weighted by Crippen LogP contribution is -2.28. The summed E-state index contributed by atoms with van der Waals surface area (Å²) >= 11 is 0. The number of likely N-dealkylation sites (N-methyl/N-ethyl adjacent to an activating group) is 1. The van der Waals surface area contributed by atoms with Crippen molar-refractivity contribution in [2.75, 3.05) is 13.6 Å². The summed E-state index contributed by atoms with van der Waals surface area (Å²) in [5, 5.41) is 1.24. The van der Waals surface area contributed by atoms with Crippen molar-refractivity contribution in [2.24, 2.45) is 0 Å². The summed E-state index contributed by atoms with van der Waals surface area (Å²) in [6.07, 6.45) is 2.89. The van der Waals surface area contributed by atoms with Gasteiger partial charge in [-0.05, 0) is 55.2 Å². The van der Waals surface area contributed by atoms with Gasteiger partial charge in [-0.2, -0.15) is 0 Å². The van der Waals surface area contributed by atoms with Crippen LogP contribution in [0.15, 0.2) is 48.7 Å². The zero-order chi connectivity index (χ0) is 16.4. The Labute approximate surface area is 136 Å². The van der Waals surface area contributed by atoms with Crippen LogP contribution in [0.25, 0.3) is 10.9 Å². The molecule has 0 aliphatic carbocycles. The Balaban J connectivity index is 1.70. The number of hydrogen-bond acceptors (Lipinski definition) is 1. The van der Waals surface area contributed by atoms with Gasteiger partial charge in [0.1, 0.15) is 0 Å². The van der Waals surface area contributed by atoms with E-state index in [0.29, 0.717) is 6.54 Å². The Hall–Kier alpha value is -2.55. The van der Waals surface area contributed by atoms with E-state index in [1.165, 1.54) is 16.5 Å². The number of carbonyl (C=O) groups is 1. The Morgan fingerprint density at radius 2 is 1.87 bits per heavy atom. The first-order chi connectivity index (χ1) is 11.1. The molecule has 0 saturated carbocycles. The van der Waals surface area contributed by atoms with E-state index in [2.05, 4.69) is 24.0 Å². The summed E-state index contributed by atoms with van der Waals surface area (Å²) < 4.78 is 0. The number of rotatable bonds is 4. The van der Waals surface area contributed by atoms with Gasteiger partial charge in [0, 0.05) is 36.3 Å². The second kappa shape index (κ2) is 6.29. The number of aromatic amines is 1. The van der Waals surface area contributed by atoms with Crippen LogP contribution in [0.4, 0.5) is 0 Å². The van der Waals surface area contributed by atoms with Gasteiger partial charge >= 0.3 is 0 Å². The normalized spacial score (nSPS) is 10.9. The predicted molar refractivity (Wildman–Crippen MR) is 94.9 cm³/mol. The Kier molecular flexibility index (Phi) is 4.20. The van der Waals surface area contributed by atoms with Gasteiger partial charge in [-0.1, -0.05) is 24.3 Å². The van der Waals surface area contributed by atoms with Crippen LogP contribution >= 0.6 is 0 Å². The number of carbonyl (C=O) groups excluding carboxylic acids is 1. The van der Waals surface area contributed by atoms with Gasteiger partial charge in [-0.3, -0.25) is 4.79 Å². The van der Waals surface area contributed by atoms with Gasteiger partial charge in [0.05, 0.1) is 0 Å². The number of nitrogens with one attached hydrogen (secondary N) is 1. The maximum absolute atomic E-state index is 12.5. The van der Waals surface area contributed by atoms with Crippen molar-refractivity contribution in [3.8, 4) is 0 Å². The number of para-hydroxylation sites is 1. The molecular formula is C20H22N2O. The number of benzene rings is 2. The lowest BCUT2D eigenvalue weighted by molar-refractivity contribution is 0.0796. The molecule has 3 nitrogen and oxygen atoms in total. The molecule has 2 aromatic carbocycles. The Bertz CT molecular complexity index is 848. The maximum Gasteiger partial charge on any atom is 0.253 e. The highest BCUT2D eigenvalue weighted by Gasteiger charge is 2.13. The molecule has 1 heterocycles. The smallest absolute Gasteiger partial charge is 0.253 e. The highest BCUT2D eigenvalue weighted by molar-refractivity contribution is 5.94. The highest BCUT2D eigenvalue weighted by atomic mass is 16.2. The molecule has 0 saturated heterocycles. The molecule has 0 spiro atoms. The van der Waals surface area contributed by atoms with Crippen LogP contribution in [0.2, 0.25) is 0 Å². The van der Waals surface area contributed by atoms with E-state index < -0.39 is 0 Å². The Morgan fingerprint density at radius 3 is 2.65 bits per heavy atom. The van der Waals surface area contributed by atoms with E-state index in [9.17, 15) is 4.79 Å². The van der Waals surface area contributed by atoms with Crippen molar-refractivity contribution in [3.05, 3.63) is 70.9 Å². The number of fused-ring (bicyclic) bond motifs is 1. The van der Waals surface area contributed by atoms with Crippen molar-refractivity contribution in [1.82, 2.24) is 9.88 Å². The van der Waals surface area contributed by atoms with Crippen LogP contribution in [0.1, 0.15) is 27.0 Å². The Morgan fingerprint density at radius 1 is 1.09 bits per heavy atom. The van der Waals surface area contributed by atoms with Crippen LogP contribution in [0.3, 0.4) is 0 Å². The van der Waals surface area contributed by atoms with Crippen LogP contribution in [0, 0.1) is 13.8 Å². The van der Waals surface area contributed by atoms with Crippen LogP contribution in [-0.2, 0) is 6.42 Å². The monoisotopic (exact) mass is 306 g/mol. The average Bonchev–Trinajstić information content (AvgIpc) is 2.97. The van der Waals surface area contributed by atoms with E-state index in [1.807, 2.05) is 50.5 Å². The summed E-state index contributed by atoms with van der Waals surface area (Å²) in [6, 6.07) is 14.2. The average molecular weight is 306 g/mol. The van der Waals surface area contributed by atoms with Crippen molar-refractivity contribution in [1.29, 1.82) is 0 Å². The number of aryl methyl sites for hydroxylation is 2. The third-order valence-corrected chi connectivity index (χ3v) is 4.49. The van der Waals surface area contributed by atoms with Crippen molar-refractivity contribution < 1.29 is 4.79 Å². The van der Waals surface area contributed by atoms with Gasteiger partial charge < -0.3 is 9.88 Å². The second-order valence-electron chi connectivity index (χ2n) is 6.14. The third-order valence-electron chi connectivity index (χ3n) is 4.49. The van der Waals surface area contributed by atoms with E-state index in [1.54, 1.807) is 4.90 Å². The van der Waals surface area contributed by atoms with E-state index in [4.69, 9.17) is 0 Å². The first-order valence-corrected chi connectivity index (χ1v) is 7.94. The number of hydrogen-bond donors (Lipinski definition) is 1. The summed E-state index contributed by atoms with van der Waals surface area (Å²) in [5.74, 6) is 0.0768. The molecule has 3 aromatic rings. The fraction of sp³-hybridized carbons (Fsp3) is 0.250. The van der Waals surface area contributed by atoms with Crippen LogP contribution < -0.4 is 0 Å². The predicted octanol–water partition coefficient (Wildman–Crippen LogP) is 4.10. The molecule has 23 heavy (non-hydrogen) atoms. The number of amides is 1. The van der Waals surface area contributed by atoms with Crippen LogP contribution in [-0.4, -0.2) is 29.4 Å². The fourth-order valence-electron chi connectivity index (χ4n) is 2.82. The van der Waals surface area contributed by atoms with Crippen LogP contribution in [0.5, 0.6) is 0 Å². The first-order valence-electron chi connectivity index (χ1n) is 7.94. The van der Waals surface area contributed by atoms with Gasteiger partial charge in [0.15, 0.2) is 0 Å². The van der Waals surface area contributed by atoms with Gasteiger partial charge in [-0.15, -0.1) is 0 Å². The molecule has 1 N–H and O–H groups in total. The molecule has 3 heteroatoms. The summed E-state index contributed by atoms with van der Waals surface area (Å²) in [4.78, 5) is 17.6. The summed E-state index contributed by atoms with van der Waals surface area (Å²) in [6.45, 7) is 4.80. The summed E-state index contributed by atoms with van der Waals surface area (Å²) in [7, 11) is 1.87. The zero-order valence-corrected chi connectivity index (χ0v) is 13.9.